The molecule has 0 unspecified atom stereocenters. The second kappa shape index (κ2) is 11.3. The number of halogens is 3. The van der Waals surface area contributed by atoms with E-state index in [-0.39, 0.29) is 5.75 Å². The number of benzene rings is 6. The minimum absolute atomic E-state index is 0.310. The maximum atomic E-state index is 12.4. The second-order valence-electron chi connectivity index (χ2n) is 9.19. The van der Waals surface area contributed by atoms with Crippen LogP contribution in [0.25, 0.3) is 43.8 Å². The van der Waals surface area contributed by atoms with Crippen LogP contribution in [0.1, 0.15) is 0 Å². The molecule has 4 nitrogen and oxygen atoms in total. The van der Waals surface area contributed by atoms with Gasteiger partial charge in [0.05, 0.1) is 0 Å². The standard InChI is InChI=1S/C17H11F3O3S.C16H12O/c18-17(19,20)24(21,22)23-16-9-8-14-10-13(6-7-15(14)11-16)12-4-2-1-3-5-12;17-16-9-8-14-10-13(6-7-15(14)11-16)12-4-2-1-3-5-12/h1-11H;1-11,17H. The van der Waals surface area contributed by atoms with Crippen molar-refractivity contribution in [1.29, 1.82) is 0 Å². The van der Waals surface area contributed by atoms with Crippen LogP contribution in [0, 0.1) is 0 Å². The molecule has 1 N–H and O–H groups in total. The highest BCUT2D eigenvalue weighted by molar-refractivity contribution is 7.88. The maximum Gasteiger partial charge on any atom is 0.534 e. The third-order valence-corrected chi connectivity index (χ3v) is 7.32. The van der Waals surface area contributed by atoms with Gasteiger partial charge in [-0.2, -0.15) is 21.6 Å². The van der Waals surface area contributed by atoms with E-state index in [9.17, 15) is 26.7 Å². The monoisotopic (exact) mass is 572 g/mol. The van der Waals surface area contributed by atoms with Gasteiger partial charge < -0.3 is 9.29 Å². The summed E-state index contributed by atoms with van der Waals surface area (Å²) in [7, 11) is -5.67. The van der Waals surface area contributed by atoms with Gasteiger partial charge in [0.2, 0.25) is 0 Å². The van der Waals surface area contributed by atoms with E-state index in [0.717, 1.165) is 27.3 Å². The molecule has 6 aromatic rings. The highest BCUT2D eigenvalue weighted by Crippen LogP contribution is 2.31. The van der Waals surface area contributed by atoms with Crippen LogP contribution in [-0.4, -0.2) is 19.0 Å². The van der Waals surface area contributed by atoms with Gasteiger partial charge in [0.15, 0.2) is 0 Å². The van der Waals surface area contributed by atoms with Crippen molar-refractivity contribution in [3.8, 4) is 33.8 Å². The van der Waals surface area contributed by atoms with Gasteiger partial charge in [-0.15, -0.1) is 0 Å². The Morgan fingerprint density at radius 1 is 0.512 bits per heavy atom. The Morgan fingerprint density at radius 3 is 1.46 bits per heavy atom. The summed E-state index contributed by atoms with van der Waals surface area (Å²) < 4.78 is 63.3. The molecule has 0 radical (unpaired) electrons. The lowest BCUT2D eigenvalue weighted by atomic mass is 10.0. The molecular weight excluding hydrogens is 549 g/mol. The minimum atomic E-state index is -5.67. The molecule has 0 aromatic heterocycles. The summed E-state index contributed by atoms with van der Waals surface area (Å²) in [5.74, 6) is -0.0720. The van der Waals surface area contributed by atoms with Crippen LogP contribution in [0.2, 0.25) is 0 Å². The van der Waals surface area contributed by atoms with E-state index in [2.05, 4.69) is 28.4 Å². The minimum Gasteiger partial charge on any atom is -0.508 e. The molecule has 6 rings (SSSR count). The summed E-state index contributed by atoms with van der Waals surface area (Å²) in [6.45, 7) is 0. The molecule has 0 aliphatic rings. The molecule has 0 aliphatic heterocycles. The summed E-state index contributed by atoms with van der Waals surface area (Å²) in [6.07, 6.45) is 0. The average molecular weight is 573 g/mol. The van der Waals surface area contributed by atoms with Crippen molar-refractivity contribution in [3.05, 3.63) is 133 Å². The van der Waals surface area contributed by atoms with Crippen LogP contribution < -0.4 is 4.18 Å². The first-order valence-corrected chi connectivity index (χ1v) is 13.9. The van der Waals surface area contributed by atoms with Crippen molar-refractivity contribution in [2.45, 2.75) is 5.51 Å². The lowest BCUT2D eigenvalue weighted by molar-refractivity contribution is -0.0500. The topological polar surface area (TPSA) is 63.6 Å². The van der Waals surface area contributed by atoms with E-state index >= 15 is 0 Å². The van der Waals surface area contributed by atoms with Crippen LogP contribution in [0.4, 0.5) is 13.2 Å². The first kappa shape index (κ1) is 27.7. The molecule has 0 heterocycles. The van der Waals surface area contributed by atoms with E-state index in [0.29, 0.717) is 11.1 Å². The fourth-order valence-corrected chi connectivity index (χ4v) is 4.75. The summed E-state index contributed by atoms with van der Waals surface area (Å²) in [4.78, 5) is 0. The summed E-state index contributed by atoms with van der Waals surface area (Å²) >= 11 is 0. The lowest BCUT2D eigenvalue weighted by Gasteiger charge is -2.10. The first-order chi connectivity index (χ1) is 19.6. The number of phenols is 1. The van der Waals surface area contributed by atoms with Crippen molar-refractivity contribution >= 4 is 31.7 Å². The van der Waals surface area contributed by atoms with Crippen LogP contribution in [0.3, 0.4) is 0 Å². The molecule has 0 saturated heterocycles. The average Bonchev–Trinajstić information content (AvgIpc) is 2.97. The molecule has 0 amide bonds. The van der Waals surface area contributed by atoms with Crippen molar-refractivity contribution in [1.82, 2.24) is 0 Å². The van der Waals surface area contributed by atoms with Gasteiger partial charge in [-0.1, -0.05) is 97.1 Å². The number of phenolic OH excluding ortho intramolecular Hbond substituents is 1. The van der Waals surface area contributed by atoms with Gasteiger partial charge in [0.25, 0.3) is 0 Å². The van der Waals surface area contributed by atoms with Crippen molar-refractivity contribution in [2.75, 3.05) is 0 Å². The Hall–Kier alpha value is -4.82. The summed E-state index contributed by atoms with van der Waals surface area (Å²) in [6, 6.07) is 40.9. The third kappa shape index (κ3) is 6.50. The molecule has 206 valence electrons. The molecule has 0 aliphatic carbocycles. The van der Waals surface area contributed by atoms with Crippen LogP contribution in [0.15, 0.2) is 133 Å². The summed E-state index contributed by atoms with van der Waals surface area (Å²) in [5, 5.41) is 13.0. The second-order valence-corrected chi connectivity index (χ2v) is 10.7. The smallest absolute Gasteiger partial charge is 0.508 e. The van der Waals surface area contributed by atoms with Gasteiger partial charge in [-0.05, 0) is 80.2 Å². The molecule has 6 aromatic carbocycles. The Balaban J connectivity index is 0.000000174. The van der Waals surface area contributed by atoms with E-state index in [1.807, 2.05) is 66.7 Å². The number of hydrogen-bond donors (Lipinski definition) is 1. The lowest BCUT2D eigenvalue weighted by Crippen LogP contribution is -2.28. The predicted molar refractivity (Wildman–Crippen MR) is 156 cm³/mol. The van der Waals surface area contributed by atoms with E-state index in [1.54, 1.807) is 24.3 Å². The Morgan fingerprint density at radius 2 is 0.951 bits per heavy atom. The SMILES string of the molecule is O=S(=O)(Oc1ccc2cc(-c3ccccc3)ccc2c1)C(F)(F)F.Oc1ccc2cc(-c3ccccc3)ccc2c1. The molecule has 0 fully saturated rings. The normalized spacial score (nSPS) is 11.6. The van der Waals surface area contributed by atoms with Gasteiger partial charge in [0, 0.05) is 0 Å². The highest BCUT2D eigenvalue weighted by atomic mass is 32.2. The largest absolute Gasteiger partial charge is 0.534 e. The highest BCUT2D eigenvalue weighted by Gasteiger charge is 2.48. The van der Waals surface area contributed by atoms with E-state index in [4.69, 9.17) is 0 Å². The Bertz CT molecular complexity index is 1920. The van der Waals surface area contributed by atoms with Crippen LogP contribution in [0.5, 0.6) is 11.5 Å². The molecular formula is C33H23F3O4S. The van der Waals surface area contributed by atoms with Gasteiger partial charge >= 0.3 is 15.6 Å². The number of alkyl halides is 3. The first-order valence-electron chi connectivity index (χ1n) is 12.5. The zero-order valence-corrected chi connectivity index (χ0v) is 22.2. The van der Waals surface area contributed by atoms with E-state index < -0.39 is 15.6 Å². The van der Waals surface area contributed by atoms with E-state index in [1.165, 1.54) is 29.3 Å². The summed E-state index contributed by atoms with van der Waals surface area (Å²) in [5.41, 5.74) is -1.11. The fourth-order valence-electron chi connectivity index (χ4n) is 4.30. The van der Waals surface area contributed by atoms with Crippen LogP contribution >= 0.6 is 0 Å². The Kier molecular flexibility index (Phi) is 7.68. The third-order valence-electron chi connectivity index (χ3n) is 6.34. The number of rotatable bonds is 4. The number of hydrogen-bond acceptors (Lipinski definition) is 4. The number of fused-ring (bicyclic) bond motifs is 2. The zero-order valence-electron chi connectivity index (χ0n) is 21.4. The predicted octanol–water partition coefficient (Wildman–Crippen LogP) is 8.95. The molecule has 8 heteroatoms. The Labute approximate surface area is 235 Å². The quantitative estimate of drug-likeness (QED) is 0.169. The molecule has 0 bridgehead atoms. The molecule has 0 atom stereocenters. The molecule has 41 heavy (non-hydrogen) atoms. The molecule has 0 saturated carbocycles. The molecule has 0 spiro atoms. The van der Waals surface area contributed by atoms with Crippen molar-refractivity contribution in [3.63, 3.8) is 0 Å². The van der Waals surface area contributed by atoms with Gasteiger partial charge in [-0.25, -0.2) is 0 Å². The zero-order chi connectivity index (χ0) is 29.0. The van der Waals surface area contributed by atoms with Gasteiger partial charge in [-0.3, -0.25) is 0 Å². The number of aromatic hydroxyl groups is 1. The van der Waals surface area contributed by atoms with Gasteiger partial charge in [0.1, 0.15) is 11.5 Å². The van der Waals surface area contributed by atoms with Crippen molar-refractivity contribution in [2.24, 2.45) is 0 Å². The van der Waals surface area contributed by atoms with Crippen molar-refractivity contribution < 1.29 is 30.9 Å². The van der Waals surface area contributed by atoms with Crippen LogP contribution in [-0.2, 0) is 10.1 Å². The fraction of sp³-hybridized carbons (Fsp3) is 0.0303. The maximum absolute atomic E-state index is 12.4.